The summed E-state index contributed by atoms with van der Waals surface area (Å²) in [5.74, 6) is -0.380. The van der Waals surface area contributed by atoms with E-state index >= 15 is 0 Å². The molecule has 2 aromatic rings. The fourth-order valence-corrected chi connectivity index (χ4v) is 4.65. The summed E-state index contributed by atoms with van der Waals surface area (Å²) in [6, 6.07) is 5.30. The molecule has 2 rings (SSSR count). The number of carbonyl (C=O) groups excluding carboxylic acids is 1. The molecule has 5 nitrogen and oxygen atoms in total. The average Bonchev–Trinajstić information content (AvgIpc) is 2.69. The average molecular weight is 410 g/mol. The largest absolute Gasteiger partial charge is 0.298 e. The van der Waals surface area contributed by atoms with E-state index in [1.807, 2.05) is 13.0 Å². The first kappa shape index (κ1) is 16.4. The molecule has 112 valence electrons. The van der Waals surface area contributed by atoms with Gasteiger partial charge in [-0.2, -0.15) is 0 Å². The van der Waals surface area contributed by atoms with E-state index in [0.717, 1.165) is 16.9 Å². The highest BCUT2D eigenvalue weighted by Crippen LogP contribution is 2.30. The molecule has 0 aliphatic carbocycles. The van der Waals surface area contributed by atoms with Crippen LogP contribution in [-0.4, -0.2) is 19.3 Å². The molecule has 1 amide bonds. The van der Waals surface area contributed by atoms with Crippen molar-refractivity contribution in [1.82, 2.24) is 4.98 Å². The summed E-state index contributed by atoms with van der Waals surface area (Å²) in [4.78, 5) is 16.2. The van der Waals surface area contributed by atoms with Crippen molar-refractivity contribution < 1.29 is 13.2 Å². The number of aryl methyl sites for hydroxylation is 2. The summed E-state index contributed by atoms with van der Waals surface area (Å²) in [6.45, 7) is 3.43. The number of benzene rings is 1. The van der Waals surface area contributed by atoms with Gasteiger partial charge in [-0.3, -0.25) is 10.1 Å². The third-order valence-corrected chi connectivity index (χ3v) is 6.47. The maximum absolute atomic E-state index is 12.2. The predicted octanol–water partition coefficient (Wildman–Crippen LogP) is 3.70. The molecule has 0 unspecified atom stereocenters. The zero-order valence-electron chi connectivity index (χ0n) is 11.0. The molecule has 9 heteroatoms. The van der Waals surface area contributed by atoms with Crippen molar-refractivity contribution in [3.05, 3.63) is 39.5 Å². The molecule has 0 aliphatic heterocycles. The van der Waals surface area contributed by atoms with Gasteiger partial charge in [-0.1, -0.05) is 17.4 Å². The van der Waals surface area contributed by atoms with Gasteiger partial charge in [0.15, 0.2) is 9.34 Å². The van der Waals surface area contributed by atoms with Crippen LogP contribution in [0.4, 0.5) is 5.13 Å². The van der Waals surface area contributed by atoms with Gasteiger partial charge >= 0.3 is 0 Å². The Labute approximate surface area is 138 Å². The molecule has 0 saturated carbocycles. The van der Waals surface area contributed by atoms with E-state index in [1.165, 1.54) is 6.92 Å². The van der Waals surface area contributed by atoms with Crippen molar-refractivity contribution >= 4 is 58.0 Å². The van der Waals surface area contributed by atoms with Gasteiger partial charge in [0.2, 0.25) is 0 Å². The van der Waals surface area contributed by atoms with Gasteiger partial charge in [-0.15, -0.1) is 0 Å². The molecule has 0 atom stereocenters. The Morgan fingerprint density at radius 1 is 1.38 bits per heavy atom. The molecule has 1 aromatic heterocycles. The lowest BCUT2D eigenvalue weighted by Crippen LogP contribution is -2.12. The minimum Gasteiger partial charge on any atom is -0.298 e. The lowest BCUT2D eigenvalue weighted by Gasteiger charge is -2.04. The number of aromatic nitrogens is 1. The van der Waals surface area contributed by atoms with Crippen LogP contribution in [0, 0.1) is 13.8 Å². The Morgan fingerprint density at radius 3 is 2.57 bits per heavy atom. The standard InChI is InChI=1S/C12H10BrClN2O3S2/c1-6-3-4-8(9(13)5-6)10(17)16-12-15-7(2)11(20-12)21(14,18)19/h3-5H,1-2H3,(H,15,16,17). The quantitative estimate of drug-likeness (QED) is 0.784. The van der Waals surface area contributed by atoms with Crippen LogP contribution in [0.15, 0.2) is 26.9 Å². The molecule has 1 heterocycles. The highest BCUT2D eigenvalue weighted by molar-refractivity contribution is 9.10. The Kier molecular flexibility index (Phi) is 4.72. The highest BCUT2D eigenvalue weighted by Gasteiger charge is 2.20. The smallest absolute Gasteiger partial charge is 0.272 e. The number of nitrogens with zero attached hydrogens (tertiary/aromatic N) is 1. The molecule has 0 radical (unpaired) electrons. The summed E-state index contributed by atoms with van der Waals surface area (Å²) in [6.07, 6.45) is 0. The van der Waals surface area contributed by atoms with E-state index in [1.54, 1.807) is 12.1 Å². The van der Waals surface area contributed by atoms with Gasteiger partial charge in [-0.25, -0.2) is 13.4 Å². The Morgan fingerprint density at radius 2 is 2.05 bits per heavy atom. The first-order chi connectivity index (χ1) is 9.68. The van der Waals surface area contributed by atoms with Gasteiger partial charge in [0.25, 0.3) is 15.0 Å². The second kappa shape index (κ2) is 6.04. The zero-order chi connectivity index (χ0) is 15.8. The van der Waals surface area contributed by atoms with E-state index in [2.05, 4.69) is 26.2 Å². The summed E-state index contributed by atoms with van der Waals surface area (Å²) < 4.78 is 23.2. The molecule has 1 N–H and O–H groups in total. The van der Waals surface area contributed by atoms with Crippen molar-refractivity contribution in [2.75, 3.05) is 5.32 Å². The number of rotatable bonds is 3. The number of carbonyl (C=O) groups is 1. The van der Waals surface area contributed by atoms with Crippen molar-refractivity contribution in [2.45, 2.75) is 18.1 Å². The lowest BCUT2D eigenvalue weighted by atomic mass is 10.1. The van der Waals surface area contributed by atoms with Crippen LogP contribution in [0.5, 0.6) is 0 Å². The van der Waals surface area contributed by atoms with Gasteiger partial charge in [-0.05, 0) is 47.5 Å². The predicted molar refractivity (Wildman–Crippen MR) is 86.7 cm³/mol. The zero-order valence-corrected chi connectivity index (χ0v) is 15.0. The number of thiazole rings is 1. The van der Waals surface area contributed by atoms with Crippen LogP contribution in [-0.2, 0) is 9.05 Å². The van der Waals surface area contributed by atoms with Crippen LogP contribution < -0.4 is 5.32 Å². The molecule has 1 aromatic carbocycles. The monoisotopic (exact) mass is 408 g/mol. The number of anilines is 1. The summed E-state index contributed by atoms with van der Waals surface area (Å²) in [5, 5.41) is 2.75. The van der Waals surface area contributed by atoms with Crippen LogP contribution in [0.25, 0.3) is 0 Å². The minimum absolute atomic E-state index is 0.0672. The summed E-state index contributed by atoms with van der Waals surface area (Å²) >= 11 is 4.14. The number of halogens is 2. The molecular formula is C12H10BrClN2O3S2. The first-order valence-corrected chi connectivity index (χ1v) is 9.60. The number of hydrogen-bond acceptors (Lipinski definition) is 5. The number of amides is 1. The van der Waals surface area contributed by atoms with Crippen LogP contribution in [0.1, 0.15) is 21.6 Å². The molecule has 0 spiro atoms. The van der Waals surface area contributed by atoms with E-state index in [0.29, 0.717) is 10.0 Å². The van der Waals surface area contributed by atoms with Crippen LogP contribution in [0.3, 0.4) is 0 Å². The second-order valence-corrected chi connectivity index (χ2v) is 8.88. The second-order valence-electron chi connectivity index (χ2n) is 4.27. The van der Waals surface area contributed by atoms with E-state index in [9.17, 15) is 13.2 Å². The molecule has 0 aliphatic rings. The minimum atomic E-state index is -3.86. The van der Waals surface area contributed by atoms with Crippen molar-refractivity contribution in [1.29, 1.82) is 0 Å². The Balaban J connectivity index is 2.28. The van der Waals surface area contributed by atoms with E-state index in [-0.39, 0.29) is 20.9 Å². The molecule has 0 saturated heterocycles. The van der Waals surface area contributed by atoms with Crippen LogP contribution in [0.2, 0.25) is 0 Å². The third kappa shape index (κ3) is 3.82. The number of hydrogen-bond donors (Lipinski definition) is 1. The number of nitrogens with one attached hydrogen (secondary N) is 1. The maximum Gasteiger partial charge on any atom is 0.272 e. The normalized spacial score (nSPS) is 11.4. The van der Waals surface area contributed by atoms with Gasteiger partial charge in [0.05, 0.1) is 11.3 Å². The van der Waals surface area contributed by atoms with Gasteiger partial charge in [0, 0.05) is 15.2 Å². The molecule has 0 fully saturated rings. The van der Waals surface area contributed by atoms with Crippen molar-refractivity contribution in [3.63, 3.8) is 0 Å². The Bertz CT molecular complexity index is 818. The van der Waals surface area contributed by atoms with E-state index < -0.39 is 9.05 Å². The van der Waals surface area contributed by atoms with Crippen molar-refractivity contribution in [2.24, 2.45) is 0 Å². The fourth-order valence-electron chi connectivity index (χ4n) is 1.63. The van der Waals surface area contributed by atoms with Crippen LogP contribution >= 0.6 is 37.9 Å². The fraction of sp³-hybridized carbons (Fsp3) is 0.167. The maximum atomic E-state index is 12.2. The van der Waals surface area contributed by atoms with Crippen molar-refractivity contribution in [3.8, 4) is 0 Å². The topological polar surface area (TPSA) is 76.1 Å². The summed E-state index contributed by atoms with van der Waals surface area (Å²) in [7, 11) is 1.44. The van der Waals surface area contributed by atoms with Gasteiger partial charge in [0.1, 0.15) is 0 Å². The molecule has 0 bridgehead atoms. The lowest BCUT2D eigenvalue weighted by molar-refractivity contribution is 0.102. The molecular weight excluding hydrogens is 400 g/mol. The highest BCUT2D eigenvalue weighted by atomic mass is 79.9. The third-order valence-electron chi connectivity index (χ3n) is 2.57. The molecule has 21 heavy (non-hydrogen) atoms. The summed E-state index contributed by atoms with van der Waals surface area (Å²) in [5.41, 5.74) is 1.70. The first-order valence-electron chi connectivity index (χ1n) is 5.68. The Hall–Kier alpha value is -0.960. The van der Waals surface area contributed by atoms with Gasteiger partial charge < -0.3 is 0 Å². The SMILES string of the molecule is Cc1ccc(C(=O)Nc2nc(C)c(S(=O)(=O)Cl)s2)c(Br)c1. The van der Waals surface area contributed by atoms with E-state index in [4.69, 9.17) is 10.7 Å².